The number of imide groups is 1. The molecule has 1 heterocycles. The van der Waals surface area contributed by atoms with Crippen molar-refractivity contribution in [2.24, 2.45) is 5.92 Å². The second-order valence-corrected chi connectivity index (χ2v) is 7.83. The van der Waals surface area contributed by atoms with Crippen LogP contribution in [0.15, 0.2) is 66.7 Å². The molecule has 0 saturated carbocycles. The van der Waals surface area contributed by atoms with Gasteiger partial charge in [0.25, 0.3) is 11.8 Å². The number of nitrogens with one attached hydrogen (secondary N) is 1. The van der Waals surface area contributed by atoms with E-state index in [-0.39, 0.29) is 25.0 Å². The molecule has 31 heavy (non-hydrogen) atoms. The van der Waals surface area contributed by atoms with Crippen LogP contribution in [0.5, 0.6) is 5.75 Å². The highest BCUT2D eigenvalue weighted by molar-refractivity contribution is 6.22. The molecule has 158 valence electrons. The lowest BCUT2D eigenvalue weighted by Gasteiger charge is -2.28. The zero-order valence-corrected chi connectivity index (χ0v) is 17.5. The Balaban J connectivity index is 1.41. The topological polar surface area (TPSA) is 75.7 Å². The third-order valence-electron chi connectivity index (χ3n) is 5.41. The molecule has 0 saturated heterocycles. The van der Waals surface area contributed by atoms with E-state index in [2.05, 4.69) is 5.32 Å². The highest BCUT2D eigenvalue weighted by Crippen LogP contribution is 2.27. The van der Waals surface area contributed by atoms with Gasteiger partial charge >= 0.3 is 0 Å². The zero-order chi connectivity index (χ0) is 22.0. The second-order valence-electron chi connectivity index (χ2n) is 7.83. The highest BCUT2D eigenvalue weighted by Gasteiger charge is 2.43. The fraction of sp³-hybridized carbons (Fsp3) is 0.240. The number of amides is 3. The molecule has 1 unspecified atom stereocenters. The SMILES string of the molecule is CC(C)C(C(=O)NCCOc1cccc2ccccc12)N1C(=O)c2ccccc2C1=O. The normalized spacial score (nSPS) is 14.1. The monoisotopic (exact) mass is 416 g/mol. The van der Waals surface area contributed by atoms with Crippen molar-refractivity contribution in [1.29, 1.82) is 0 Å². The summed E-state index contributed by atoms with van der Waals surface area (Å²) in [5.41, 5.74) is 0.676. The Kier molecular flexibility index (Phi) is 5.71. The Hall–Kier alpha value is -3.67. The molecule has 3 aromatic carbocycles. The number of benzene rings is 3. The molecule has 6 heteroatoms. The van der Waals surface area contributed by atoms with E-state index < -0.39 is 17.9 Å². The number of hydrogen-bond donors (Lipinski definition) is 1. The standard InChI is InChI=1S/C25H24N2O4/c1-16(2)22(27-24(29)19-11-5-6-12-20(19)25(27)30)23(28)26-14-15-31-21-13-7-9-17-8-3-4-10-18(17)21/h3-13,16,22H,14-15H2,1-2H3,(H,26,28). The van der Waals surface area contributed by atoms with E-state index >= 15 is 0 Å². The molecule has 3 amide bonds. The summed E-state index contributed by atoms with van der Waals surface area (Å²) in [6.07, 6.45) is 0. The molecule has 0 aromatic heterocycles. The predicted molar refractivity (Wildman–Crippen MR) is 118 cm³/mol. The van der Waals surface area contributed by atoms with Gasteiger partial charge in [-0.05, 0) is 29.5 Å². The van der Waals surface area contributed by atoms with Crippen molar-refractivity contribution in [2.75, 3.05) is 13.2 Å². The first-order valence-electron chi connectivity index (χ1n) is 10.3. The molecule has 1 N–H and O–H groups in total. The first-order chi connectivity index (χ1) is 15.0. The number of carbonyl (C=O) groups excluding carboxylic acids is 3. The first-order valence-corrected chi connectivity index (χ1v) is 10.3. The lowest BCUT2D eigenvalue weighted by molar-refractivity contribution is -0.126. The molecular weight excluding hydrogens is 392 g/mol. The number of rotatable bonds is 7. The van der Waals surface area contributed by atoms with Crippen LogP contribution in [0.1, 0.15) is 34.6 Å². The predicted octanol–water partition coefficient (Wildman–Crippen LogP) is 3.66. The summed E-state index contributed by atoms with van der Waals surface area (Å²) in [6.45, 7) is 4.17. The second kappa shape index (κ2) is 8.60. The third kappa shape index (κ3) is 3.89. The zero-order valence-electron chi connectivity index (χ0n) is 17.5. The van der Waals surface area contributed by atoms with E-state index in [1.165, 1.54) is 0 Å². The van der Waals surface area contributed by atoms with Crippen molar-refractivity contribution in [3.05, 3.63) is 77.9 Å². The summed E-state index contributed by atoms with van der Waals surface area (Å²) >= 11 is 0. The Morgan fingerprint density at radius 3 is 2.19 bits per heavy atom. The third-order valence-corrected chi connectivity index (χ3v) is 5.41. The molecule has 0 bridgehead atoms. The van der Waals surface area contributed by atoms with E-state index in [0.717, 1.165) is 21.4 Å². The maximum Gasteiger partial charge on any atom is 0.262 e. The summed E-state index contributed by atoms with van der Waals surface area (Å²) in [4.78, 5) is 39.6. The number of nitrogens with zero attached hydrogens (tertiary/aromatic N) is 1. The quantitative estimate of drug-likeness (QED) is 0.471. The molecule has 0 spiro atoms. The van der Waals surface area contributed by atoms with Gasteiger partial charge in [-0.15, -0.1) is 0 Å². The summed E-state index contributed by atoms with van der Waals surface area (Å²) in [5, 5.41) is 4.90. The Labute approximate surface area is 180 Å². The molecule has 0 fully saturated rings. The molecule has 0 radical (unpaired) electrons. The summed E-state index contributed by atoms with van der Waals surface area (Å²) in [5.74, 6) is -0.719. The van der Waals surface area contributed by atoms with Crippen LogP contribution in [0.25, 0.3) is 10.8 Å². The Morgan fingerprint density at radius 2 is 1.52 bits per heavy atom. The van der Waals surface area contributed by atoms with Crippen molar-refractivity contribution >= 4 is 28.5 Å². The summed E-state index contributed by atoms with van der Waals surface area (Å²) < 4.78 is 5.87. The van der Waals surface area contributed by atoms with Gasteiger partial charge < -0.3 is 10.1 Å². The number of hydrogen-bond acceptors (Lipinski definition) is 4. The average molecular weight is 416 g/mol. The van der Waals surface area contributed by atoms with Crippen LogP contribution >= 0.6 is 0 Å². The van der Waals surface area contributed by atoms with Crippen molar-refractivity contribution < 1.29 is 19.1 Å². The van der Waals surface area contributed by atoms with E-state index in [9.17, 15) is 14.4 Å². The van der Waals surface area contributed by atoms with Crippen LogP contribution in [0.3, 0.4) is 0 Å². The Bertz CT molecular complexity index is 1110. The molecule has 6 nitrogen and oxygen atoms in total. The molecular formula is C25H24N2O4. The Morgan fingerprint density at radius 1 is 0.903 bits per heavy atom. The van der Waals surface area contributed by atoms with Crippen LogP contribution in [-0.2, 0) is 4.79 Å². The molecule has 3 aromatic rings. The van der Waals surface area contributed by atoms with Gasteiger partial charge in [-0.2, -0.15) is 0 Å². The maximum atomic E-state index is 12.9. The molecule has 1 aliphatic heterocycles. The van der Waals surface area contributed by atoms with Crippen LogP contribution in [-0.4, -0.2) is 41.8 Å². The van der Waals surface area contributed by atoms with Gasteiger partial charge in [-0.1, -0.05) is 62.4 Å². The van der Waals surface area contributed by atoms with Gasteiger partial charge in [0.1, 0.15) is 18.4 Å². The van der Waals surface area contributed by atoms with Gasteiger partial charge in [0.15, 0.2) is 0 Å². The van der Waals surface area contributed by atoms with Gasteiger partial charge in [0.05, 0.1) is 17.7 Å². The van der Waals surface area contributed by atoms with Crippen molar-refractivity contribution in [3.63, 3.8) is 0 Å². The van der Waals surface area contributed by atoms with E-state index in [0.29, 0.717) is 11.1 Å². The van der Waals surface area contributed by atoms with Gasteiger partial charge in [-0.25, -0.2) is 0 Å². The lowest BCUT2D eigenvalue weighted by atomic mass is 10.0. The van der Waals surface area contributed by atoms with Gasteiger partial charge in [0.2, 0.25) is 5.91 Å². The van der Waals surface area contributed by atoms with Crippen molar-refractivity contribution in [2.45, 2.75) is 19.9 Å². The van der Waals surface area contributed by atoms with Crippen molar-refractivity contribution in [1.82, 2.24) is 10.2 Å². The molecule has 1 atom stereocenters. The molecule has 1 aliphatic rings. The fourth-order valence-electron chi connectivity index (χ4n) is 3.94. The minimum absolute atomic E-state index is 0.235. The first kappa shape index (κ1) is 20.6. The van der Waals surface area contributed by atoms with Crippen molar-refractivity contribution in [3.8, 4) is 5.75 Å². The van der Waals surface area contributed by atoms with Crippen LogP contribution in [0.4, 0.5) is 0 Å². The average Bonchev–Trinajstić information content (AvgIpc) is 3.02. The summed E-state index contributed by atoms with van der Waals surface area (Å²) in [7, 11) is 0. The van der Waals surface area contributed by atoms with Gasteiger partial charge in [-0.3, -0.25) is 19.3 Å². The minimum Gasteiger partial charge on any atom is -0.491 e. The van der Waals surface area contributed by atoms with Crippen LogP contribution in [0, 0.1) is 5.92 Å². The number of ether oxygens (including phenoxy) is 1. The smallest absolute Gasteiger partial charge is 0.262 e. The van der Waals surface area contributed by atoms with Crippen LogP contribution < -0.4 is 10.1 Å². The summed E-state index contributed by atoms with van der Waals surface area (Å²) in [6, 6.07) is 19.5. The fourth-order valence-corrected chi connectivity index (χ4v) is 3.94. The number of fused-ring (bicyclic) bond motifs is 2. The van der Waals surface area contributed by atoms with E-state index in [1.807, 2.05) is 56.3 Å². The number of carbonyl (C=O) groups is 3. The largest absolute Gasteiger partial charge is 0.491 e. The maximum absolute atomic E-state index is 12.9. The van der Waals surface area contributed by atoms with Crippen LogP contribution in [0.2, 0.25) is 0 Å². The highest BCUT2D eigenvalue weighted by atomic mass is 16.5. The van der Waals surface area contributed by atoms with E-state index in [1.54, 1.807) is 24.3 Å². The minimum atomic E-state index is -0.884. The lowest BCUT2D eigenvalue weighted by Crippen LogP contribution is -2.52. The van der Waals surface area contributed by atoms with Gasteiger partial charge in [0, 0.05) is 5.39 Å². The van der Waals surface area contributed by atoms with E-state index in [4.69, 9.17) is 4.74 Å². The molecule has 4 rings (SSSR count). The molecule has 0 aliphatic carbocycles.